The first kappa shape index (κ1) is 18.3. The lowest BCUT2D eigenvalue weighted by Gasteiger charge is -2.24. The van der Waals surface area contributed by atoms with Gasteiger partial charge in [-0.3, -0.25) is 9.69 Å². The van der Waals surface area contributed by atoms with Crippen molar-refractivity contribution < 1.29 is 4.79 Å². The Kier molecular flexibility index (Phi) is 6.06. The summed E-state index contributed by atoms with van der Waals surface area (Å²) in [4.78, 5) is 22.5. The molecule has 0 fully saturated rings. The minimum absolute atomic E-state index is 0.00247. The van der Waals surface area contributed by atoms with Gasteiger partial charge < -0.3 is 4.90 Å². The summed E-state index contributed by atoms with van der Waals surface area (Å²) < 4.78 is 0.995. The highest BCUT2D eigenvalue weighted by atomic mass is 35.5. The van der Waals surface area contributed by atoms with E-state index in [1.807, 2.05) is 35.7 Å². The fraction of sp³-hybridized carbons (Fsp3) is 0.333. The van der Waals surface area contributed by atoms with Crippen LogP contribution in [0.3, 0.4) is 0 Å². The molecule has 3 aromatic rings. The fourth-order valence-corrected chi connectivity index (χ4v) is 4.58. The number of benzene rings is 1. The number of nitrogens with zero attached hydrogens (tertiary/aromatic N) is 3. The van der Waals surface area contributed by atoms with Crippen LogP contribution in [-0.4, -0.2) is 42.0 Å². The SMILES string of the molecule is CCN(CC)CCN(C(=O)c1cccs1)c1nc2c(Cl)cccc2s1. The topological polar surface area (TPSA) is 36.4 Å². The van der Waals surface area contributed by atoms with Crippen molar-refractivity contribution in [2.45, 2.75) is 13.8 Å². The minimum Gasteiger partial charge on any atom is -0.302 e. The van der Waals surface area contributed by atoms with Crippen LogP contribution in [-0.2, 0) is 0 Å². The number of amides is 1. The van der Waals surface area contributed by atoms with Crippen LogP contribution in [0.15, 0.2) is 35.7 Å². The molecule has 0 bridgehead atoms. The summed E-state index contributed by atoms with van der Waals surface area (Å²) in [6, 6.07) is 9.48. The average Bonchev–Trinajstić information content (AvgIpc) is 3.28. The molecule has 0 unspecified atom stereocenters. The zero-order valence-corrected chi connectivity index (χ0v) is 16.6. The Bertz CT molecular complexity index is 843. The zero-order valence-electron chi connectivity index (χ0n) is 14.2. The lowest BCUT2D eigenvalue weighted by molar-refractivity contribution is 0.0987. The van der Waals surface area contributed by atoms with E-state index in [4.69, 9.17) is 11.6 Å². The van der Waals surface area contributed by atoms with E-state index in [0.717, 1.165) is 34.7 Å². The minimum atomic E-state index is -0.00247. The van der Waals surface area contributed by atoms with Gasteiger partial charge in [-0.2, -0.15) is 0 Å². The first-order valence-corrected chi connectivity index (χ1v) is 10.3. The van der Waals surface area contributed by atoms with E-state index in [0.29, 0.717) is 16.7 Å². The molecule has 0 saturated carbocycles. The maximum Gasteiger partial charge on any atom is 0.270 e. The molecule has 0 atom stereocenters. The Labute approximate surface area is 160 Å². The number of halogens is 1. The smallest absolute Gasteiger partial charge is 0.270 e. The number of thiazole rings is 1. The Morgan fingerprint density at radius 1 is 1.16 bits per heavy atom. The Balaban J connectivity index is 1.94. The van der Waals surface area contributed by atoms with E-state index in [-0.39, 0.29) is 5.91 Å². The maximum atomic E-state index is 13.0. The molecule has 0 spiro atoms. The van der Waals surface area contributed by atoms with Crippen molar-refractivity contribution in [3.8, 4) is 0 Å². The van der Waals surface area contributed by atoms with E-state index >= 15 is 0 Å². The zero-order chi connectivity index (χ0) is 17.8. The van der Waals surface area contributed by atoms with Gasteiger partial charge in [0.2, 0.25) is 0 Å². The summed E-state index contributed by atoms with van der Waals surface area (Å²) in [6.45, 7) is 7.61. The van der Waals surface area contributed by atoms with Crippen LogP contribution in [0.5, 0.6) is 0 Å². The van der Waals surface area contributed by atoms with Gasteiger partial charge in [0, 0.05) is 13.1 Å². The lowest BCUT2D eigenvalue weighted by Crippen LogP contribution is -2.38. The van der Waals surface area contributed by atoms with Gasteiger partial charge in [0.05, 0.1) is 14.6 Å². The number of hydrogen-bond donors (Lipinski definition) is 0. The fourth-order valence-electron chi connectivity index (χ4n) is 2.62. The largest absolute Gasteiger partial charge is 0.302 e. The summed E-state index contributed by atoms with van der Waals surface area (Å²) >= 11 is 9.22. The van der Waals surface area contributed by atoms with Crippen LogP contribution in [0.2, 0.25) is 5.02 Å². The van der Waals surface area contributed by atoms with Gasteiger partial charge >= 0.3 is 0 Å². The molecule has 7 heteroatoms. The number of rotatable bonds is 7. The molecule has 1 aromatic carbocycles. The lowest BCUT2D eigenvalue weighted by atomic mass is 10.3. The van der Waals surface area contributed by atoms with Gasteiger partial charge in [0.1, 0.15) is 5.52 Å². The molecule has 2 heterocycles. The van der Waals surface area contributed by atoms with Gasteiger partial charge in [0.25, 0.3) is 5.91 Å². The number of thiophene rings is 1. The molecule has 3 rings (SSSR count). The van der Waals surface area contributed by atoms with Crippen molar-refractivity contribution in [3.05, 3.63) is 45.6 Å². The van der Waals surface area contributed by atoms with Gasteiger partial charge in [-0.15, -0.1) is 11.3 Å². The third kappa shape index (κ3) is 4.03. The Morgan fingerprint density at radius 3 is 2.60 bits per heavy atom. The predicted molar refractivity (Wildman–Crippen MR) is 108 cm³/mol. The molecule has 0 aliphatic carbocycles. The van der Waals surface area contributed by atoms with Gasteiger partial charge in [-0.25, -0.2) is 4.98 Å². The predicted octanol–water partition coefficient (Wildman–Crippen LogP) is 5.00. The number of likely N-dealkylation sites (N-methyl/N-ethyl adjacent to an activating group) is 1. The summed E-state index contributed by atoms with van der Waals surface area (Å²) in [7, 11) is 0. The molecule has 25 heavy (non-hydrogen) atoms. The molecule has 0 radical (unpaired) electrons. The third-order valence-electron chi connectivity index (χ3n) is 4.10. The van der Waals surface area contributed by atoms with Crippen LogP contribution in [0, 0.1) is 0 Å². The highest BCUT2D eigenvalue weighted by molar-refractivity contribution is 7.22. The number of carbonyl (C=O) groups excluding carboxylic acids is 1. The van der Waals surface area contributed by atoms with Crippen molar-refractivity contribution in [1.29, 1.82) is 0 Å². The average molecular weight is 394 g/mol. The van der Waals surface area contributed by atoms with Crippen LogP contribution >= 0.6 is 34.3 Å². The number of carbonyl (C=O) groups is 1. The van der Waals surface area contributed by atoms with Gasteiger partial charge in [-0.1, -0.05) is 48.9 Å². The van der Waals surface area contributed by atoms with Crippen molar-refractivity contribution in [1.82, 2.24) is 9.88 Å². The van der Waals surface area contributed by atoms with Crippen molar-refractivity contribution in [2.24, 2.45) is 0 Å². The molecule has 0 saturated heterocycles. The van der Waals surface area contributed by atoms with Gasteiger partial charge in [-0.05, 0) is 36.7 Å². The Hall–Kier alpha value is -1.47. The van der Waals surface area contributed by atoms with Crippen LogP contribution in [0.4, 0.5) is 5.13 Å². The van der Waals surface area contributed by atoms with Crippen molar-refractivity contribution in [2.75, 3.05) is 31.1 Å². The second-order valence-corrected chi connectivity index (χ2v) is 7.91. The molecular formula is C18H20ClN3OS2. The van der Waals surface area contributed by atoms with Crippen molar-refractivity contribution in [3.63, 3.8) is 0 Å². The summed E-state index contributed by atoms with van der Waals surface area (Å²) in [5.41, 5.74) is 0.760. The monoisotopic (exact) mass is 393 g/mol. The molecule has 1 amide bonds. The second kappa shape index (κ2) is 8.27. The van der Waals surface area contributed by atoms with E-state index in [1.165, 1.54) is 22.7 Å². The first-order chi connectivity index (χ1) is 12.1. The normalized spacial score (nSPS) is 11.4. The van der Waals surface area contributed by atoms with Crippen LogP contribution in [0.25, 0.3) is 10.2 Å². The molecular weight excluding hydrogens is 374 g/mol. The van der Waals surface area contributed by atoms with Crippen molar-refractivity contribution >= 4 is 55.5 Å². The number of para-hydroxylation sites is 1. The molecule has 0 aliphatic rings. The quantitative estimate of drug-likeness (QED) is 0.566. The maximum absolute atomic E-state index is 13.0. The molecule has 0 N–H and O–H groups in total. The molecule has 132 valence electrons. The number of hydrogen-bond acceptors (Lipinski definition) is 5. The van der Waals surface area contributed by atoms with Crippen LogP contribution < -0.4 is 4.90 Å². The molecule has 2 aromatic heterocycles. The highest BCUT2D eigenvalue weighted by Crippen LogP contribution is 2.33. The highest BCUT2D eigenvalue weighted by Gasteiger charge is 2.23. The van der Waals surface area contributed by atoms with E-state index in [9.17, 15) is 4.79 Å². The van der Waals surface area contributed by atoms with E-state index in [2.05, 4.69) is 23.7 Å². The summed E-state index contributed by atoms with van der Waals surface area (Å²) in [5, 5.41) is 3.24. The number of aromatic nitrogens is 1. The first-order valence-electron chi connectivity index (χ1n) is 8.26. The summed E-state index contributed by atoms with van der Waals surface area (Å²) in [6.07, 6.45) is 0. The second-order valence-electron chi connectivity index (χ2n) is 5.54. The van der Waals surface area contributed by atoms with Gasteiger partial charge in [0.15, 0.2) is 5.13 Å². The number of fused-ring (bicyclic) bond motifs is 1. The summed E-state index contributed by atoms with van der Waals surface area (Å²) in [5.74, 6) is -0.00247. The standard InChI is InChI=1S/C18H20ClN3OS2/c1-3-21(4-2)10-11-22(17(23)15-9-6-12-24-15)18-20-16-13(19)7-5-8-14(16)25-18/h5-9,12H,3-4,10-11H2,1-2H3. The van der Waals surface area contributed by atoms with E-state index in [1.54, 1.807) is 4.90 Å². The number of anilines is 1. The van der Waals surface area contributed by atoms with E-state index < -0.39 is 0 Å². The molecule has 4 nitrogen and oxygen atoms in total. The molecule has 0 aliphatic heterocycles. The third-order valence-corrected chi connectivity index (χ3v) is 6.31. The van der Waals surface area contributed by atoms with Crippen LogP contribution in [0.1, 0.15) is 23.5 Å². The Morgan fingerprint density at radius 2 is 1.96 bits per heavy atom.